The van der Waals surface area contributed by atoms with Crippen LogP contribution in [0.25, 0.3) is 0 Å². The Morgan fingerprint density at radius 2 is 1.44 bits per heavy atom. The highest BCUT2D eigenvalue weighted by Crippen LogP contribution is 2.01. The van der Waals surface area contributed by atoms with Crippen LogP contribution in [0.3, 0.4) is 0 Å². The summed E-state index contributed by atoms with van der Waals surface area (Å²) in [6, 6.07) is 8.74. The zero-order valence-corrected chi connectivity index (χ0v) is 9.65. The van der Waals surface area contributed by atoms with E-state index in [0.29, 0.717) is 5.56 Å². The number of hydrogen-bond acceptors (Lipinski definition) is 4. The van der Waals surface area contributed by atoms with Crippen LogP contribution < -0.4 is 0 Å². The summed E-state index contributed by atoms with van der Waals surface area (Å²) >= 11 is 5.16. The molecule has 0 aliphatic rings. The molecule has 0 saturated heterocycles. The molecule has 5 heteroatoms. The molecule has 0 unspecified atom stereocenters. The van der Waals surface area contributed by atoms with E-state index in [0.717, 1.165) is 0 Å². The van der Waals surface area contributed by atoms with Crippen molar-refractivity contribution >= 4 is 28.8 Å². The molecule has 4 nitrogen and oxygen atoms in total. The maximum absolute atomic E-state index is 10.4. The second kappa shape index (κ2) is 7.59. The van der Waals surface area contributed by atoms with E-state index in [1.165, 1.54) is 13.8 Å². The number of carbonyl (C=O) groups excluding carboxylic acids is 3. The zero-order chi connectivity index (χ0) is 12.6. The molecule has 0 radical (unpaired) electrons. The first-order valence-electron chi connectivity index (χ1n) is 4.37. The Morgan fingerprint density at radius 3 is 1.62 bits per heavy atom. The normalized spacial score (nSPS) is 8.44. The topological polar surface area (TPSA) is 60.4 Å². The first kappa shape index (κ1) is 14.3. The SMILES string of the molecule is CC(=O)OC(C)=O.O=C(Cl)c1ccccc1. The third-order valence-corrected chi connectivity index (χ3v) is 1.51. The molecule has 0 aliphatic heterocycles. The van der Waals surface area contributed by atoms with Gasteiger partial charge in [-0.1, -0.05) is 30.3 Å². The molecule has 0 atom stereocenters. The van der Waals surface area contributed by atoms with E-state index in [1.54, 1.807) is 24.3 Å². The van der Waals surface area contributed by atoms with Crippen LogP contribution in [0.2, 0.25) is 0 Å². The summed E-state index contributed by atoms with van der Waals surface area (Å²) < 4.78 is 3.97. The van der Waals surface area contributed by atoms with E-state index in [4.69, 9.17) is 11.6 Å². The molecule has 0 aliphatic carbocycles. The lowest BCUT2D eigenvalue weighted by molar-refractivity contribution is -0.156. The quantitative estimate of drug-likeness (QED) is 0.430. The summed E-state index contributed by atoms with van der Waals surface area (Å²) in [4.78, 5) is 30.0. The maximum atomic E-state index is 10.4. The van der Waals surface area contributed by atoms with Crippen LogP contribution in [0.4, 0.5) is 0 Å². The number of ether oxygens (including phenoxy) is 1. The van der Waals surface area contributed by atoms with E-state index in [-0.39, 0.29) is 0 Å². The fourth-order valence-corrected chi connectivity index (χ4v) is 0.898. The van der Waals surface area contributed by atoms with Gasteiger partial charge in [0.25, 0.3) is 5.24 Å². The highest BCUT2D eigenvalue weighted by Gasteiger charge is 1.96. The molecule has 0 aromatic heterocycles. The number of benzene rings is 1. The maximum Gasteiger partial charge on any atom is 0.310 e. The van der Waals surface area contributed by atoms with E-state index >= 15 is 0 Å². The van der Waals surface area contributed by atoms with Gasteiger partial charge in [-0.3, -0.25) is 14.4 Å². The van der Waals surface area contributed by atoms with Crippen LogP contribution in [-0.2, 0) is 14.3 Å². The Morgan fingerprint density at radius 1 is 1.00 bits per heavy atom. The lowest BCUT2D eigenvalue weighted by Gasteiger charge is -1.87. The monoisotopic (exact) mass is 242 g/mol. The van der Waals surface area contributed by atoms with Crippen molar-refractivity contribution in [2.24, 2.45) is 0 Å². The number of hydrogen-bond donors (Lipinski definition) is 0. The fraction of sp³-hybridized carbons (Fsp3) is 0.182. The van der Waals surface area contributed by atoms with Crippen LogP contribution >= 0.6 is 11.6 Å². The Bertz CT molecular complexity index is 361. The van der Waals surface area contributed by atoms with E-state index in [9.17, 15) is 14.4 Å². The van der Waals surface area contributed by atoms with Gasteiger partial charge >= 0.3 is 11.9 Å². The number of halogens is 1. The van der Waals surface area contributed by atoms with E-state index < -0.39 is 17.2 Å². The second-order valence-corrected chi connectivity index (χ2v) is 3.07. The van der Waals surface area contributed by atoms with Crippen LogP contribution in [0.15, 0.2) is 30.3 Å². The fourth-order valence-electron chi connectivity index (χ4n) is 0.772. The Labute approximate surface area is 98.2 Å². The predicted octanol–water partition coefficient (Wildman–Crippen LogP) is 2.16. The van der Waals surface area contributed by atoms with Crippen LogP contribution in [0, 0.1) is 0 Å². The molecule has 0 N–H and O–H groups in total. The molecule has 1 rings (SSSR count). The summed E-state index contributed by atoms with van der Waals surface area (Å²) in [5.41, 5.74) is 0.541. The largest absolute Gasteiger partial charge is 0.394 e. The number of carbonyl (C=O) groups is 3. The van der Waals surface area contributed by atoms with Crippen molar-refractivity contribution in [2.75, 3.05) is 0 Å². The molecular formula is C11H11ClO4. The van der Waals surface area contributed by atoms with Crippen molar-refractivity contribution in [3.05, 3.63) is 35.9 Å². The molecule has 0 heterocycles. The van der Waals surface area contributed by atoms with Crippen molar-refractivity contribution in [1.29, 1.82) is 0 Å². The van der Waals surface area contributed by atoms with E-state index in [1.807, 2.05) is 6.07 Å². The second-order valence-electron chi connectivity index (χ2n) is 2.72. The first-order valence-corrected chi connectivity index (χ1v) is 4.75. The number of rotatable bonds is 1. The highest BCUT2D eigenvalue weighted by atomic mass is 35.5. The smallest absolute Gasteiger partial charge is 0.310 e. The summed E-state index contributed by atoms with van der Waals surface area (Å²) in [6.07, 6.45) is 0. The minimum Gasteiger partial charge on any atom is -0.394 e. The van der Waals surface area contributed by atoms with Crippen molar-refractivity contribution in [3.8, 4) is 0 Å². The Balaban J connectivity index is 0.000000293. The van der Waals surface area contributed by atoms with Gasteiger partial charge in [0.1, 0.15) is 0 Å². The highest BCUT2D eigenvalue weighted by molar-refractivity contribution is 6.67. The van der Waals surface area contributed by atoms with Crippen LogP contribution in [0.5, 0.6) is 0 Å². The van der Waals surface area contributed by atoms with Crippen molar-refractivity contribution in [1.82, 2.24) is 0 Å². The Hall–Kier alpha value is -1.68. The molecule has 0 saturated carbocycles. The van der Waals surface area contributed by atoms with Crippen LogP contribution in [0.1, 0.15) is 24.2 Å². The molecule has 1 aromatic carbocycles. The summed E-state index contributed by atoms with van der Waals surface area (Å²) in [5.74, 6) is -1.12. The van der Waals surface area contributed by atoms with Gasteiger partial charge in [0, 0.05) is 19.4 Å². The first-order chi connectivity index (χ1) is 7.43. The standard InChI is InChI=1S/C7H5ClO.C4H6O3/c8-7(9)6-4-2-1-3-5-6;1-3(5)7-4(2)6/h1-5H;1-2H3. The zero-order valence-electron chi connectivity index (χ0n) is 8.90. The molecule has 0 bridgehead atoms. The third-order valence-electron chi connectivity index (χ3n) is 1.29. The third kappa shape index (κ3) is 7.70. The van der Waals surface area contributed by atoms with Gasteiger partial charge < -0.3 is 4.74 Å². The minimum atomic E-state index is -0.562. The Kier molecular flexibility index (Phi) is 6.79. The molecule has 1 aromatic rings. The predicted molar refractivity (Wildman–Crippen MR) is 59.1 cm³/mol. The summed E-state index contributed by atoms with van der Waals surface area (Å²) in [7, 11) is 0. The molecule has 0 fully saturated rings. The summed E-state index contributed by atoms with van der Waals surface area (Å²) in [6.45, 7) is 2.36. The van der Waals surface area contributed by atoms with Gasteiger partial charge in [-0.15, -0.1) is 0 Å². The van der Waals surface area contributed by atoms with Crippen molar-refractivity contribution in [2.45, 2.75) is 13.8 Å². The molecule has 0 amide bonds. The molecule has 86 valence electrons. The van der Waals surface area contributed by atoms with Crippen LogP contribution in [-0.4, -0.2) is 17.2 Å². The van der Waals surface area contributed by atoms with Crippen molar-refractivity contribution in [3.63, 3.8) is 0 Å². The van der Waals surface area contributed by atoms with Gasteiger partial charge in [0.2, 0.25) is 0 Å². The molecule has 16 heavy (non-hydrogen) atoms. The van der Waals surface area contributed by atoms with Gasteiger partial charge in [-0.2, -0.15) is 0 Å². The van der Waals surface area contributed by atoms with E-state index in [2.05, 4.69) is 4.74 Å². The van der Waals surface area contributed by atoms with Gasteiger partial charge in [-0.25, -0.2) is 0 Å². The lowest BCUT2D eigenvalue weighted by Crippen LogP contribution is -2.03. The molecule has 0 spiro atoms. The summed E-state index contributed by atoms with van der Waals surface area (Å²) in [5, 5.41) is -0.407. The van der Waals surface area contributed by atoms with Gasteiger partial charge in [-0.05, 0) is 11.6 Å². The van der Waals surface area contributed by atoms with Crippen molar-refractivity contribution < 1.29 is 19.1 Å². The lowest BCUT2D eigenvalue weighted by atomic mass is 10.2. The average molecular weight is 243 g/mol. The van der Waals surface area contributed by atoms with Gasteiger partial charge in [0.15, 0.2) is 0 Å². The number of esters is 2. The minimum absolute atomic E-state index is 0.407. The average Bonchev–Trinajstić information content (AvgIpc) is 2.17. The molecular weight excluding hydrogens is 232 g/mol. The van der Waals surface area contributed by atoms with Gasteiger partial charge in [0.05, 0.1) is 0 Å².